The molecule has 0 aliphatic heterocycles. The number of thioether (sulfide) groups is 1. The van der Waals surface area contributed by atoms with Gasteiger partial charge in [0.1, 0.15) is 0 Å². The molecule has 6 nitrogen and oxygen atoms in total. The third kappa shape index (κ3) is 5.93. The van der Waals surface area contributed by atoms with Crippen molar-refractivity contribution in [3.63, 3.8) is 0 Å². The first-order valence-electron chi connectivity index (χ1n) is 7.58. The van der Waals surface area contributed by atoms with Gasteiger partial charge in [0.25, 0.3) is 5.91 Å². The lowest BCUT2D eigenvalue weighted by atomic mass is 10.2. The zero-order valence-corrected chi connectivity index (χ0v) is 16.8. The number of hydrogen-bond acceptors (Lipinski definition) is 6. The molecule has 0 bridgehead atoms. The molecular formula is C17H12Cl2N4O2S2. The Morgan fingerprint density at radius 3 is 2.52 bits per heavy atom. The molecule has 0 aliphatic rings. The van der Waals surface area contributed by atoms with Gasteiger partial charge in [-0.15, -0.1) is 10.2 Å². The van der Waals surface area contributed by atoms with Crippen LogP contribution in [0.15, 0.2) is 52.9 Å². The Kier molecular flexibility index (Phi) is 6.68. The summed E-state index contributed by atoms with van der Waals surface area (Å²) < 4.78 is 0.572. The monoisotopic (exact) mass is 438 g/mol. The number of rotatable bonds is 6. The van der Waals surface area contributed by atoms with Gasteiger partial charge >= 0.3 is 0 Å². The van der Waals surface area contributed by atoms with Gasteiger partial charge in [0.15, 0.2) is 4.34 Å². The van der Waals surface area contributed by atoms with Crippen molar-refractivity contribution in [2.75, 3.05) is 16.4 Å². The lowest BCUT2D eigenvalue weighted by molar-refractivity contribution is -0.113. The normalized spacial score (nSPS) is 10.4. The Hall–Kier alpha value is -2.13. The van der Waals surface area contributed by atoms with Gasteiger partial charge in [0, 0.05) is 21.3 Å². The lowest BCUT2D eigenvalue weighted by Crippen LogP contribution is -2.13. The van der Waals surface area contributed by atoms with Crippen molar-refractivity contribution in [2.24, 2.45) is 0 Å². The van der Waals surface area contributed by atoms with Crippen molar-refractivity contribution >= 4 is 68.9 Å². The average molecular weight is 439 g/mol. The van der Waals surface area contributed by atoms with Crippen LogP contribution in [0.1, 0.15) is 10.4 Å². The summed E-state index contributed by atoms with van der Waals surface area (Å²) in [5, 5.41) is 14.7. The fourth-order valence-corrected chi connectivity index (χ4v) is 3.84. The highest BCUT2D eigenvalue weighted by Crippen LogP contribution is 2.26. The molecule has 0 fully saturated rings. The number of carbonyl (C=O) groups excluding carboxylic acids is 2. The Morgan fingerprint density at radius 1 is 1.00 bits per heavy atom. The molecule has 0 atom stereocenters. The molecule has 10 heteroatoms. The molecule has 1 aromatic heterocycles. The SMILES string of the molecule is O=C(CSc1nnc(NC(=O)c2cccc(Cl)c2)s1)Nc1ccc(Cl)cc1. The van der Waals surface area contributed by atoms with Crippen LogP contribution in [0.2, 0.25) is 10.0 Å². The molecule has 0 unspecified atom stereocenters. The van der Waals surface area contributed by atoms with Crippen LogP contribution in [0.3, 0.4) is 0 Å². The van der Waals surface area contributed by atoms with Gasteiger partial charge in [-0.3, -0.25) is 14.9 Å². The van der Waals surface area contributed by atoms with Gasteiger partial charge in [-0.1, -0.05) is 52.4 Å². The smallest absolute Gasteiger partial charge is 0.257 e. The van der Waals surface area contributed by atoms with E-state index in [4.69, 9.17) is 23.2 Å². The summed E-state index contributed by atoms with van der Waals surface area (Å²) in [5.41, 5.74) is 1.09. The number of benzene rings is 2. The van der Waals surface area contributed by atoms with E-state index in [2.05, 4.69) is 20.8 Å². The molecule has 0 aliphatic carbocycles. The summed E-state index contributed by atoms with van der Waals surface area (Å²) in [6.07, 6.45) is 0. The van der Waals surface area contributed by atoms with E-state index in [9.17, 15) is 9.59 Å². The highest BCUT2D eigenvalue weighted by molar-refractivity contribution is 8.01. The Morgan fingerprint density at radius 2 is 1.78 bits per heavy atom. The van der Waals surface area contributed by atoms with Crippen LogP contribution < -0.4 is 10.6 Å². The molecule has 2 amide bonds. The second-order valence-electron chi connectivity index (χ2n) is 5.18. The van der Waals surface area contributed by atoms with Gasteiger partial charge < -0.3 is 5.32 Å². The number of halogens is 2. The zero-order valence-electron chi connectivity index (χ0n) is 13.6. The lowest BCUT2D eigenvalue weighted by Gasteiger charge is -2.03. The van der Waals surface area contributed by atoms with Crippen LogP contribution in [0.5, 0.6) is 0 Å². The number of nitrogens with one attached hydrogen (secondary N) is 2. The molecule has 2 aromatic carbocycles. The number of nitrogens with zero attached hydrogens (tertiary/aromatic N) is 2. The predicted octanol–water partition coefficient (Wildman–Crippen LogP) is 4.83. The summed E-state index contributed by atoms with van der Waals surface area (Å²) in [4.78, 5) is 24.1. The van der Waals surface area contributed by atoms with E-state index in [0.717, 1.165) is 0 Å². The summed E-state index contributed by atoms with van der Waals surface area (Å²) in [7, 11) is 0. The quantitative estimate of drug-likeness (QED) is 0.425. The highest BCUT2D eigenvalue weighted by atomic mass is 35.5. The molecule has 3 rings (SSSR count). The largest absolute Gasteiger partial charge is 0.325 e. The highest BCUT2D eigenvalue weighted by Gasteiger charge is 2.12. The van der Waals surface area contributed by atoms with Crippen LogP contribution in [-0.2, 0) is 4.79 Å². The number of carbonyl (C=O) groups is 2. The molecule has 0 spiro atoms. The van der Waals surface area contributed by atoms with E-state index < -0.39 is 0 Å². The van der Waals surface area contributed by atoms with Crippen molar-refractivity contribution in [3.8, 4) is 0 Å². The van der Waals surface area contributed by atoms with E-state index in [-0.39, 0.29) is 17.6 Å². The van der Waals surface area contributed by atoms with E-state index in [1.165, 1.54) is 23.1 Å². The molecule has 138 valence electrons. The summed E-state index contributed by atoms with van der Waals surface area (Å²) in [6, 6.07) is 13.4. The standard InChI is InChI=1S/C17H12Cl2N4O2S2/c18-11-4-6-13(7-5-11)20-14(24)9-26-17-23-22-16(27-17)21-15(25)10-2-1-3-12(19)8-10/h1-8H,9H2,(H,20,24)(H,21,22,25). The van der Waals surface area contributed by atoms with E-state index in [0.29, 0.717) is 30.8 Å². The van der Waals surface area contributed by atoms with Gasteiger partial charge in [0.2, 0.25) is 11.0 Å². The molecule has 1 heterocycles. The maximum atomic E-state index is 12.2. The van der Waals surface area contributed by atoms with Crippen molar-refractivity contribution in [1.82, 2.24) is 10.2 Å². The van der Waals surface area contributed by atoms with Crippen LogP contribution in [0.25, 0.3) is 0 Å². The average Bonchev–Trinajstić information content (AvgIpc) is 3.09. The van der Waals surface area contributed by atoms with Crippen LogP contribution in [-0.4, -0.2) is 27.8 Å². The Bertz CT molecular complexity index is 964. The minimum Gasteiger partial charge on any atom is -0.325 e. The first kappa shape index (κ1) is 19.6. The van der Waals surface area contributed by atoms with Crippen LogP contribution in [0.4, 0.5) is 10.8 Å². The third-order valence-corrected chi connectivity index (χ3v) is 5.63. The topological polar surface area (TPSA) is 84.0 Å². The Labute approximate surface area is 173 Å². The molecule has 0 saturated heterocycles. The zero-order chi connectivity index (χ0) is 19.2. The second-order valence-corrected chi connectivity index (χ2v) is 8.25. The van der Waals surface area contributed by atoms with Gasteiger partial charge in [-0.05, 0) is 42.5 Å². The summed E-state index contributed by atoms with van der Waals surface area (Å²) >= 11 is 14.1. The fourth-order valence-electron chi connectivity index (χ4n) is 1.98. The van der Waals surface area contributed by atoms with Crippen molar-refractivity contribution in [2.45, 2.75) is 4.34 Å². The van der Waals surface area contributed by atoms with Gasteiger partial charge in [0.05, 0.1) is 5.75 Å². The molecule has 27 heavy (non-hydrogen) atoms. The minimum absolute atomic E-state index is 0.166. The summed E-state index contributed by atoms with van der Waals surface area (Å²) in [5.74, 6) is -0.341. The Balaban J connectivity index is 1.51. The first-order chi connectivity index (χ1) is 13.0. The van der Waals surface area contributed by atoms with E-state index >= 15 is 0 Å². The number of anilines is 2. The second kappa shape index (κ2) is 9.18. The minimum atomic E-state index is -0.328. The number of amides is 2. The molecular weight excluding hydrogens is 427 g/mol. The van der Waals surface area contributed by atoms with Crippen molar-refractivity contribution in [1.29, 1.82) is 0 Å². The summed E-state index contributed by atoms with van der Waals surface area (Å²) in [6.45, 7) is 0. The molecule has 0 radical (unpaired) electrons. The van der Waals surface area contributed by atoms with Gasteiger partial charge in [-0.2, -0.15) is 0 Å². The molecule has 3 aromatic rings. The van der Waals surface area contributed by atoms with E-state index in [1.54, 1.807) is 48.5 Å². The molecule has 2 N–H and O–H groups in total. The fraction of sp³-hybridized carbons (Fsp3) is 0.0588. The third-order valence-electron chi connectivity index (χ3n) is 3.17. The maximum Gasteiger partial charge on any atom is 0.257 e. The number of aromatic nitrogens is 2. The molecule has 0 saturated carbocycles. The first-order valence-corrected chi connectivity index (χ1v) is 10.1. The van der Waals surface area contributed by atoms with Crippen LogP contribution >= 0.6 is 46.3 Å². The van der Waals surface area contributed by atoms with Gasteiger partial charge in [-0.25, -0.2) is 0 Å². The maximum absolute atomic E-state index is 12.2. The van der Waals surface area contributed by atoms with Crippen molar-refractivity contribution in [3.05, 3.63) is 64.1 Å². The predicted molar refractivity (Wildman–Crippen MR) is 110 cm³/mol. The van der Waals surface area contributed by atoms with Crippen molar-refractivity contribution < 1.29 is 9.59 Å². The van der Waals surface area contributed by atoms with E-state index in [1.807, 2.05) is 0 Å². The van der Waals surface area contributed by atoms with Crippen LogP contribution in [0, 0.1) is 0 Å². The number of hydrogen-bond donors (Lipinski definition) is 2.